The van der Waals surface area contributed by atoms with Gasteiger partial charge in [-0.05, 0) is 31.0 Å². The first-order chi connectivity index (χ1) is 10.0. The first kappa shape index (κ1) is 15.8. The second-order valence-corrected chi connectivity index (χ2v) is 6.20. The minimum absolute atomic E-state index is 0.0536. The van der Waals surface area contributed by atoms with Crippen molar-refractivity contribution in [2.75, 3.05) is 11.9 Å². The van der Waals surface area contributed by atoms with Crippen LogP contribution in [0.3, 0.4) is 0 Å². The Morgan fingerprint density at radius 1 is 1.38 bits per heavy atom. The summed E-state index contributed by atoms with van der Waals surface area (Å²) in [5.74, 6) is -0.717. The molecule has 1 fully saturated rings. The van der Waals surface area contributed by atoms with E-state index in [1.54, 1.807) is 12.1 Å². The van der Waals surface area contributed by atoms with Crippen LogP contribution in [-0.2, 0) is 4.79 Å². The van der Waals surface area contributed by atoms with E-state index in [0.717, 1.165) is 19.3 Å². The number of halogens is 2. The van der Waals surface area contributed by atoms with Crippen molar-refractivity contribution in [2.24, 2.45) is 0 Å². The molecule has 0 heterocycles. The van der Waals surface area contributed by atoms with E-state index in [9.17, 15) is 14.4 Å². The lowest BCUT2D eigenvalue weighted by Crippen LogP contribution is -2.50. The molecule has 1 amide bonds. The quantitative estimate of drug-likeness (QED) is 0.872. The summed E-state index contributed by atoms with van der Waals surface area (Å²) in [7, 11) is 0. The van der Waals surface area contributed by atoms with Crippen LogP contribution < -0.4 is 10.6 Å². The van der Waals surface area contributed by atoms with Gasteiger partial charge in [-0.25, -0.2) is 4.39 Å². The summed E-state index contributed by atoms with van der Waals surface area (Å²) in [5, 5.41) is 14.8. The molecule has 1 saturated carbocycles. The fourth-order valence-electron chi connectivity index (χ4n) is 2.54. The maximum atomic E-state index is 13.6. The number of hydrogen-bond acceptors (Lipinski definition) is 3. The van der Waals surface area contributed by atoms with Gasteiger partial charge in [0, 0.05) is 4.47 Å². The van der Waals surface area contributed by atoms with E-state index in [0.29, 0.717) is 17.3 Å². The molecule has 1 aromatic carbocycles. The van der Waals surface area contributed by atoms with Crippen molar-refractivity contribution in [1.29, 1.82) is 5.26 Å². The Labute approximate surface area is 131 Å². The van der Waals surface area contributed by atoms with Gasteiger partial charge in [-0.2, -0.15) is 5.26 Å². The zero-order valence-electron chi connectivity index (χ0n) is 11.6. The fraction of sp³-hybridized carbons (Fsp3) is 0.467. The third kappa shape index (κ3) is 4.18. The van der Waals surface area contributed by atoms with Gasteiger partial charge in [-0.3, -0.25) is 4.79 Å². The second kappa shape index (κ2) is 6.90. The Morgan fingerprint density at radius 3 is 2.71 bits per heavy atom. The number of nitrogens with zero attached hydrogens (tertiary/aromatic N) is 1. The molecule has 21 heavy (non-hydrogen) atoms. The molecule has 4 nitrogen and oxygen atoms in total. The predicted octanol–water partition coefficient (Wildman–Crippen LogP) is 3.34. The normalized spacial score (nSPS) is 16.8. The van der Waals surface area contributed by atoms with Crippen molar-refractivity contribution in [3.05, 3.63) is 28.5 Å². The summed E-state index contributed by atoms with van der Waals surface area (Å²) >= 11 is 3.18. The molecule has 0 aromatic heterocycles. The summed E-state index contributed by atoms with van der Waals surface area (Å²) < 4.78 is 14.3. The number of carbonyl (C=O) groups excluding carboxylic acids is 1. The Balaban J connectivity index is 1.91. The summed E-state index contributed by atoms with van der Waals surface area (Å²) in [4.78, 5) is 12.0. The van der Waals surface area contributed by atoms with Gasteiger partial charge in [-0.15, -0.1) is 0 Å². The highest BCUT2D eigenvalue weighted by Crippen LogP contribution is 2.27. The number of nitrogens with one attached hydrogen (secondary N) is 2. The average Bonchev–Trinajstić information content (AvgIpc) is 2.47. The molecule has 0 spiro atoms. The zero-order valence-corrected chi connectivity index (χ0v) is 13.2. The number of nitriles is 1. The van der Waals surface area contributed by atoms with Crippen molar-refractivity contribution in [3.63, 3.8) is 0 Å². The molecule has 1 aliphatic rings. The fourth-order valence-corrected chi connectivity index (χ4v) is 2.87. The maximum absolute atomic E-state index is 13.6. The van der Waals surface area contributed by atoms with E-state index in [1.807, 2.05) is 0 Å². The van der Waals surface area contributed by atoms with Crippen LogP contribution in [0.15, 0.2) is 22.7 Å². The molecule has 0 aliphatic heterocycles. The molecule has 0 atom stereocenters. The highest BCUT2D eigenvalue weighted by atomic mass is 79.9. The van der Waals surface area contributed by atoms with Crippen molar-refractivity contribution >= 4 is 27.5 Å². The number of amides is 1. The van der Waals surface area contributed by atoms with Crippen LogP contribution in [0, 0.1) is 17.1 Å². The molecule has 2 N–H and O–H groups in total. The molecule has 2 rings (SSSR count). The van der Waals surface area contributed by atoms with Crippen LogP contribution in [0.25, 0.3) is 0 Å². The first-order valence-electron chi connectivity index (χ1n) is 6.96. The van der Waals surface area contributed by atoms with Crippen molar-refractivity contribution < 1.29 is 9.18 Å². The van der Waals surface area contributed by atoms with E-state index in [-0.39, 0.29) is 18.1 Å². The van der Waals surface area contributed by atoms with Gasteiger partial charge in [0.2, 0.25) is 5.91 Å². The topological polar surface area (TPSA) is 64.9 Å². The van der Waals surface area contributed by atoms with E-state index < -0.39 is 11.4 Å². The molecule has 6 heteroatoms. The van der Waals surface area contributed by atoms with Gasteiger partial charge >= 0.3 is 0 Å². The Hall–Kier alpha value is -1.61. The van der Waals surface area contributed by atoms with Crippen LogP contribution in [0.5, 0.6) is 0 Å². The van der Waals surface area contributed by atoms with Gasteiger partial charge in [0.15, 0.2) is 0 Å². The molecular weight excluding hydrogens is 337 g/mol. The molecular formula is C15H17BrFN3O. The minimum Gasteiger partial charge on any atom is -0.374 e. The molecule has 0 radical (unpaired) electrons. The van der Waals surface area contributed by atoms with Crippen molar-refractivity contribution in [1.82, 2.24) is 5.32 Å². The lowest BCUT2D eigenvalue weighted by molar-refractivity contribution is -0.121. The van der Waals surface area contributed by atoms with Crippen LogP contribution in [0.4, 0.5) is 10.1 Å². The van der Waals surface area contributed by atoms with E-state index in [2.05, 4.69) is 32.6 Å². The van der Waals surface area contributed by atoms with Gasteiger partial charge in [0.25, 0.3) is 0 Å². The van der Waals surface area contributed by atoms with Crippen LogP contribution in [0.1, 0.15) is 32.1 Å². The molecule has 1 aromatic rings. The number of rotatable bonds is 4. The largest absolute Gasteiger partial charge is 0.374 e. The molecule has 0 bridgehead atoms. The lowest BCUT2D eigenvalue weighted by Gasteiger charge is -2.31. The second-order valence-electron chi connectivity index (χ2n) is 5.28. The first-order valence-corrected chi connectivity index (χ1v) is 7.75. The smallest absolute Gasteiger partial charge is 0.240 e. The number of anilines is 1. The summed E-state index contributed by atoms with van der Waals surface area (Å²) in [6, 6.07) is 6.82. The summed E-state index contributed by atoms with van der Waals surface area (Å²) in [5.41, 5.74) is -0.488. The number of hydrogen-bond donors (Lipinski definition) is 2. The summed E-state index contributed by atoms with van der Waals surface area (Å²) in [6.45, 7) is -0.0536. The SMILES string of the molecule is N#CC1(NC(=O)CNc2ccc(Br)cc2F)CCCCC1. The molecule has 112 valence electrons. The van der Waals surface area contributed by atoms with Gasteiger partial charge in [-0.1, -0.05) is 35.2 Å². The highest BCUT2D eigenvalue weighted by Gasteiger charge is 2.33. The number of benzene rings is 1. The predicted molar refractivity (Wildman–Crippen MR) is 82.2 cm³/mol. The third-order valence-electron chi connectivity index (χ3n) is 3.67. The maximum Gasteiger partial charge on any atom is 0.240 e. The van der Waals surface area contributed by atoms with E-state index >= 15 is 0 Å². The Bertz CT molecular complexity index is 565. The van der Waals surface area contributed by atoms with Gasteiger partial charge in [0.05, 0.1) is 18.3 Å². The van der Waals surface area contributed by atoms with E-state index in [4.69, 9.17) is 0 Å². The van der Waals surface area contributed by atoms with Crippen LogP contribution >= 0.6 is 15.9 Å². The van der Waals surface area contributed by atoms with Crippen molar-refractivity contribution in [2.45, 2.75) is 37.6 Å². The molecule has 0 saturated heterocycles. The molecule has 1 aliphatic carbocycles. The third-order valence-corrected chi connectivity index (χ3v) is 4.16. The van der Waals surface area contributed by atoms with Crippen LogP contribution in [-0.4, -0.2) is 18.0 Å². The Kier molecular flexibility index (Phi) is 5.18. The lowest BCUT2D eigenvalue weighted by atomic mass is 9.83. The zero-order chi connectivity index (χ0) is 15.3. The number of carbonyl (C=O) groups is 1. The van der Waals surface area contributed by atoms with Crippen molar-refractivity contribution in [3.8, 4) is 6.07 Å². The molecule has 0 unspecified atom stereocenters. The Morgan fingerprint density at radius 2 is 2.10 bits per heavy atom. The van der Waals surface area contributed by atoms with Gasteiger partial charge < -0.3 is 10.6 Å². The minimum atomic E-state index is -0.755. The van der Waals surface area contributed by atoms with Gasteiger partial charge in [0.1, 0.15) is 11.4 Å². The standard InChI is InChI=1S/C15H17BrFN3O/c16-11-4-5-13(12(17)8-11)19-9-14(21)20-15(10-18)6-2-1-3-7-15/h4-5,8,19H,1-3,6-7,9H2,(H,20,21). The highest BCUT2D eigenvalue weighted by molar-refractivity contribution is 9.10. The van der Waals surface area contributed by atoms with E-state index in [1.165, 1.54) is 6.07 Å². The van der Waals surface area contributed by atoms with Crippen LogP contribution in [0.2, 0.25) is 0 Å². The monoisotopic (exact) mass is 353 g/mol. The summed E-state index contributed by atoms with van der Waals surface area (Å²) in [6.07, 6.45) is 4.36. The average molecular weight is 354 g/mol.